The van der Waals surface area contributed by atoms with Crippen LogP contribution in [0.5, 0.6) is 0 Å². The molecule has 5 heteroatoms. The number of rotatable bonds is 10. The van der Waals surface area contributed by atoms with Crippen molar-refractivity contribution in [3.63, 3.8) is 0 Å². The third-order valence-electron chi connectivity index (χ3n) is 18.9. The van der Waals surface area contributed by atoms with E-state index >= 15 is 0 Å². The van der Waals surface area contributed by atoms with Gasteiger partial charge in [0.25, 0.3) is 0 Å². The number of fused-ring (bicyclic) bond motifs is 12. The molecular formula is C84H56N4Si. The van der Waals surface area contributed by atoms with Gasteiger partial charge >= 0.3 is 0 Å². The van der Waals surface area contributed by atoms with Gasteiger partial charge in [-0.3, -0.25) is 0 Å². The average Bonchev–Trinajstić information content (AvgIpc) is 1.87. The zero-order valence-electron chi connectivity index (χ0n) is 48.6. The summed E-state index contributed by atoms with van der Waals surface area (Å²) < 4.78 is 9.76. The van der Waals surface area contributed by atoms with Crippen LogP contribution >= 0.6 is 0 Å². The summed E-state index contributed by atoms with van der Waals surface area (Å²) in [6.45, 7) is 0. The van der Waals surface area contributed by atoms with Crippen LogP contribution in [0.3, 0.4) is 0 Å². The fraction of sp³-hybridized carbons (Fsp3) is 0. The monoisotopic (exact) mass is 1150 g/mol. The van der Waals surface area contributed by atoms with E-state index in [0.29, 0.717) is 0 Å². The van der Waals surface area contributed by atoms with Gasteiger partial charge in [-0.15, -0.1) is 0 Å². The van der Waals surface area contributed by atoms with Crippen LogP contribution in [0.4, 0.5) is 0 Å². The lowest BCUT2D eigenvalue weighted by molar-refractivity contribution is 1.18. The second-order valence-corrected chi connectivity index (χ2v) is 27.4. The Labute approximate surface area is 515 Å². The van der Waals surface area contributed by atoms with Crippen LogP contribution in [-0.2, 0) is 0 Å². The van der Waals surface area contributed by atoms with Gasteiger partial charge in [0.05, 0.1) is 44.1 Å². The van der Waals surface area contributed by atoms with Crippen LogP contribution in [0.25, 0.3) is 132 Å². The standard InChI is InChI=1S/C84H56N4Si/c1-5-23-61(24-6-1)85-77-39-17-13-35-69(77)73-51-57(43-47-81(73)85)59-45-49-83-75(53-59)71-37-15-19-41-79(71)87(83)63-27-21-33-67(55-63)89(65-29-9-3-10-30-65,66-31-11-4-12-32-66)68-34-22-28-64(56-68)88-80-42-20-16-38-72(80)76-54-60(46-50-84(76)88)58-44-48-82-74(52-58)70-36-14-18-40-78(70)86(82)62-25-7-2-8-26-62/h1-56H. The minimum absolute atomic E-state index is 1.13. The Morgan fingerprint density at radius 1 is 0.157 bits per heavy atom. The summed E-state index contributed by atoms with van der Waals surface area (Å²) in [5, 5.41) is 15.2. The Hall–Kier alpha value is -11.5. The normalized spacial score (nSPS) is 12.0. The first-order chi connectivity index (χ1) is 44.2. The summed E-state index contributed by atoms with van der Waals surface area (Å²) in [5.41, 5.74) is 18.9. The summed E-state index contributed by atoms with van der Waals surface area (Å²) in [6, 6.07) is 127. The molecule has 14 aromatic carbocycles. The molecule has 0 saturated heterocycles. The highest BCUT2D eigenvalue weighted by Gasteiger charge is 2.42. The Morgan fingerprint density at radius 3 is 0.708 bits per heavy atom. The quantitative estimate of drug-likeness (QED) is 0.0961. The second kappa shape index (κ2) is 20.3. The second-order valence-electron chi connectivity index (χ2n) is 23.6. The van der Waals surface area contributed by atoms with Gasteiger partial charge in [-0.05, 0) is 164 Å². The molecule has 0 saturated carbocycles. The summed E-state index contributed by atoms with van der Waals surface area (Å²) >= 11 is 0. The number of hydrogen-bond donors (Lipinski definition) is 0. The summed E-state index contributed by atoms with van der Waals surface area (Å²) in [7, 11) is -3.12. The highest BCUT2D eigenvalue weighted by atomic mass is 28.3. The van der Waals surface area contributed by atoms with Crippen molar-refractivity contribution in [1.82, 2.24) is 18.3 Å². The van der Waals surface area contributed by atoms with E-state index in [2.05, 4.69) is 358 Å². The molecule has 416 valence electrons. The van der Waals surface area contributed by atoms with E-state index in [1.807, 2.05) is 0 Å². The van der Waals surface area contributed by atoms with E-state index in [0.717, 1.165) is 22.7 Å². The Balaban J connectivity index is 0.782. The maximum absolute atomic E-state index is 3.12. The third kappa shape index (κ3) is 7.85. The molecule has 0 amide bonds. The lowest BCUT2D eigenvalue weighted by Crippen LogP contribution is -2.74. The van der Waals surface area contributed by atoms with Gasteiger partial charge in [0.2, 0.25) is 0 Å². The van der Waals surface area contributed by atoms with Crippen LogP contribution in [0.2, 0.25) is 0 Å². The first kappa shape index (κ1) is 50.8. The Morgan fingerprint density at radius 2 is 0.393 bits per heavy atom. The number of benzene rings is 14. The maximum atomic E-state index is 2.51. The number of para-hydroxylation sites is 6. The van der Waals surface area contributed by atoms with Crippen LogP contribution in [0, 0.1) is 0 Å². The molecule has 18 aromatic rings. The molecule has 4 nitrogen and oxygen atoms in total. The maximum Gasteiger partial charge on any atom is 0.179 e. The van der Waals surface area contributed by atoms with Gasteiger partial charge in [-0.1, -0.05) is 218 Å². The zero-order chi connectivity index (χ0) is 58.6. The summed E-state index contributed by atoms with van der Waals surface area (Å²) in [6.07, 6.45) is 0. The molecule has 89 heavy (non-hydrogen) atoms. The molecule has 18 rings (SSSR count). The smallest absolute Gasteiger partial charge is 0.179 e. The Kier molecular flexibility index (Phi) is 11.6. The Bertz CT molecular complexity index is 5430. The fourth-order valence-electron chi connectivity index (χ4n) is 15.0. The van der Waals surface area contributed by atoms with Crippen molar-refractivity contribution in [2.24, 2.45) is 0 Å². The van der Waals surface area contributed by atoms with Crippen molar-refractivity contribution in [1.29, 1.82) is 0 Å². The van der Waals surface area contributed by atoms with Crippen molar-refractivity contribution in [2.45, 2.75) is 0 Å². The third-order valence-corrected chi connectivity index (χ3v) is 23.6. The summed E-state index contributed by atoms with van der Waals surface area (Å²) in [5.74, 6) is 0. The molecule has 0 aliphatic heterocycles. The molecule has 0 atom stereocenters. The van der Waals surface area contributed by atoms with Crippen LogP contribution in [0.15, 0.2) is 340 Å². The average molecular weight is 1150 g/mol. The molecule has 0 aliphatic carbocycles. The van der Waals surface area contributed by atoms with E-state index in [-0.39, 0.29) is 0 Å². The van der Waals surface area contributed by atoms with E-state index in [1.165, 1.54) is 130 Å². The van der Waals surface area contributed by atoms with Crippen molar-refractivity contribution in [3.8, 4) is 45.0 Å². The van der Waals surface area contributed by atoms with Crippen molar-refractivity contribution in [2.75, 3.05) is 0 Å². The molecule has 0 N–H and O–H groups in total. The predicted octanol–water partition coefficient (Wildman–Crippen LogP) is 18.8. The van der Waals surface area contributed by atoms with Gasteiger partial charge in [0, 0.05) is 65.8 Å². The molecule has 4 aromatic heterocycles. The van der Waals surface area contributed by atoms with E-state index < -0.39 is 8.07 Å². The van der Waals surface area contributed by atoms with Gasteiger partial charge in [0.1, 0.15) is 0 Å². The number of aromatic nitrogens is 4. The lowest BCUT2D eigenvalue weighted by atomic mass is 10.0. The van der Waals surface area contributed by atoms with Crippen LogP contribution in [-0.4, -0.2) is 26.3 Å². The fourth-order valence-corrected chi connectivity index (χ4v) is 19.8. The SMILES string of the molecule is c1ccc(-n2c3ccccc3c3cc(-c4ccc5c(c4)c4ccccc4n5-c4cccc([Si](c5ccccc5)(c5ccccc5)c5cccc(-n6c7ccccc7c7cc(-c8ccc9c(c8)c8ccccc8n9-c8ccccc8)ccc76)c5)c4)ccc32)cc1. The molecule has 0 aliphatic rings. The van der Waals surface area contributed by atoms with Crippen molar-refractivity contribution < 1.29 is 0 Å². The number of hydrogen-bond acceptors (Lipinski definition) is 0. The van der Waals surface area contributed by atoms with Crippen LogP contribution < -0.4 is 20.7 Å². The van der Waals surface area contributed by atoms with Gasteiger partial charge in [-0.25, -0.2) is 0 Å². The first-order valence-electron chi connectivity index (χ1n) is 30.7. The molecular weight excluding hydrogens is 1090 g/mol. The molecule has 0 spiro atoms. The molecule has 0 bridgehead atoms. The van der Waals surface area contributed by atoms with Gasteiger partial charge in [-0.2, -0.15) is 0 Å². The predicted molar refractivity (Wildman–Crippen MR) is 378 cm³/mol. The molecule has 4 heterocycles. The van der Waals surface area contributed by atoms with Gasteiger partial charge in [0.15, 0.2) is 8.07 Å². The molecule has 0 unspecified atom stereocenters. The van der Waals surface area contributed by atoms with Crippen LogP contribution in [0.1, 0.15) is 0 Å². The minimum Gasteiger partial charge on any atom is -0.309 e. The van der Waals surface area contributed by atoms with Crippen molar-refractivity contribution in [3.05, 3.63) is 340 Å². The largest absolute Gasteiger partial charge is 0.309 e. The zero-order valence-corrected chi connectivity index (χ0v) is 49.6. The van der Waals surface area contributed by atoms with E-state index in [4.69, 9.17) is 0 Å². The number of nitrogens with zero attached hydrogens (tertiary/aromatic N) is 4. The molecule has 0 radical (unpaired) electrons. The van der Waals surface area contributed by atoms with Crippen molar-refractivity contribution >= 4 is 116 Å². The topological polar surface area (TPSA) is 19.7 Å². The highest BCUT2D eigenvalue weighted by molar-refractivity contribution is 7.20. The van der Waals surface area contributed by atoms with E-state index in [9.17, 15) is 0 Å². The highest BCUT2D eigenvalue weighted by Crippen LogP contribution is 2.41. The first-order valence-corrected chi connectivity index (χ1v) is 32.7. The van der Waals surface area contributed by atoms with Gasteiger partial charge < -0.3 is 18.3 Å². The van der Waals surface area contributed by atoms with E-state index in [1.54, 1.807) is 0 Å². The molecule has 0 fully saturated rings. The lowest BCUT2D eigenvalue weighted by Gasteiger charge is -2.35. The summed E-state index contributed by atoms with van der Waals surface area (Å²) in [4.78, 5) is 0. The minimum atomic E-state index is -3.12.